The van der Waals surface area contributed by atoms with Crippen LogP contribution in [0.2, 0.25) is 5.02 Å². The zero-order valence-electron chi connectivity index (χ0n) is 13.5. The lowest BCUT2D eigenvalue weighted by molar-refractivity contribution is -0.119. The molecule has 1 atom stereocenters. The highest BCUT2D eigenvalue weighted by molar-refractivity contribution is 6.31. The molecule has 7 heteroatoms. The summed E-state index contributed by atoms with van der Waals surface area (Å²) < 4.78 is 6.43. The molecular formula is C17H18ClN3O3. The van der Waals surface area contributed by atoms with Crippen molar-refractivity contribution >= 4 is 23.2 Å². The molecule has 126 valence electrons. The summed E-state index contributed by atoms with van der Waals surface area (Å²) in [5.41, 5.74) is 1.00. The van der Waals surface area contributed by atoms with E-state index in [0.717, 1.165) is 18.5 Å². The number of rotatable bonds is 5. The molecule has 0 aliphatic heterocycles. The molecule has 2 aromatic rings. The zero-order valence-corrected chi connectivity index (χ0v) is 14.2. The summed E-state index contributed by atoms with van der Waals surface area (Å²) in [5, 5.41) is 7.56. The molecule has 0 unspecified atom stereocenters. The average molecular weight is 348 g/mol. The van der Waals surface area contributed by atoms with Crippen molar-refractivity contribution in [2.24, 2.45) is 0 Å². The van der Waals surface area contributed by atoms with E-state index in [2.05, 4.69) is 10.4 Å². The Morgan fingerprint density at radius 1 is 1.38 bits per heavy atom. The molecule has 1 fully saturated rings. The first-order valence-corrected chi connectivity index (χ1v) is 8.11. The number of hydrogen-bond donors (Lipinski definition) is 1. The number of halogens is 1. The first-order chi connectivity index (χ1) is 11.5. The lowest BCUT2D eigenvalue weighted by atomic mass is 10.2. The highest BCUT2D eigenvalue weighted by Crippen LogP contribution is 2.38. The summed E-state index contributed by atoms with van der Waals surface area (Å²) in [4.78, 5) is 24.6. The number of methoxy groups -OCH3 is 1. The summed E-state index contributed by atoms with van der Waals surface area (Å²) in [5.74, 6) is 0.533. The van der Waals surface area contributed by atoms with Gasteiger partial charge in [0, 0.05) is 17.0 Å². The maximum absolute atomic E-state index is 12.5. The minimum atomic E-state index is -0.750. The van der Waals surface area contributed by atoms with Crippen molar-refractivity contribution in [2.45, 2.75) is 31.7 Å². The van der Waals surface area contributed by atoms with Gasteiger partial charge in [-0.1, -0.05) is 11.6 Å². The van der Waals surface area contributed by atoms with Gasteiger partial charge in [0.25, 0.3) is 5.56 Å². The van der Waals surface area contributed by atoms with Crippen LogP contribution in [-0.2, 0) is 4.79 Å². The van der Waals surface area contributed by atoms with Gasteiger partial charge in [0.1, 0.15) is 11.8 Å². The Morgan fingerprint density at radius 2 is 2.12 bits per heavy atom. The van der Waals surface area contributed by atoms with Gasteiger partial charge >= 0.3 is 0 Å². The molecule has 0 radical (unpaired) electrons. The van der Waals surface area contributed by atoms with Crippen LogP contribution >= 0.6 is 11.6 Å². The van der Waals surface area contributed by atoms with Gasteiger partial charge in [-0.2, -0.15) is 5.10 Å². The van der Waals surface area contributed by atoms with Crippen molar-refractivity contribution in [1.82, 2.24) is 9.78 Å². The topological polar surface area (TPSA) is 73.2 Å². The van der Waals surface area contributed by atoms with E-state index in [1.807, 2.05) is 0 Å². The van der Waals surface area contributed by atoms with Crippen molar-refractivity contribution in [2.75, 3.05) is 12.4 Å². The molecule has 0 saturated heterocycles. The predicted molar refractivity (Wildman–Crippen MR) is 91.8 cm³/mol. The lowest BCUT2D eigenvalue weighted by Crippen LogP contribution is -2.33. The van der Waals surface area contributed by atoms with Gasteiger partial charge in [0.2, 0.25) is 5.91 Å². The van der Waals surface area contributed by atoms with Crippen LogP contribution in [-0.4, -0.2) is 22.8 Å². The first kappa shape index (κ1) is 16.5. The normalized spacial score (nSPS) is 15.0. The van der Waals surface area contributed by atoms with E-state index in [9.17, 15) is 9.59 Å². The van der Waals surface area contributed by atoms with Crippen LogP contribution in [0.4, 0.5) is 5.69 Å². The first-order valence-electron chi connectivity index (χ1n) is 7.73. The summed E-state index contributed by atoms with van der Waals surface area (Å²) in [6.07, 6.45) is 2.15. The number of hydrogen-bond acceptors (Lipinski definition) is 4. The Kier molecular flexibility index (Phi) is 4.57. The highest BCUT2D eigenvalue weighted by Gasteiger charge is 2.27. The quantitative estimate of drug-likeness (QED) is 0.902. The number of amides is 1. The van der Waals surface area contributed by atoms with Crippen molar-refractivity contribution in [3.8, 4) is 5.75 Å². The number of anilines is 1. The van der Waals surface area contributed by atoms with E-state index in [1.165, 1.54) is 17.9 Å². The van der Waals surface area contributed by atoms with Gasteiger partial charge in [-0.15, -0.1) is 0 Å². The Bertz CT molecular complexity index is 830. The van der Waals surface area contributed by atoms with Crippen LogP contribution in [0.1, 0.15) is 37.4 Å². The maximum Gasteiger partial charge on any atom is 0.267 e. The van der Waals surface area contributed by atoms with E-state index < -0.39 is 6.04 Å². The fourth-order valence-electron chi connectivity index (χ4n) is 2.44. The van der Waals surface area contributed by atoms with Gasteiger partial charge in [-0.25, -0.2) is 4.68 Å². The molecule has 1 aliphatic carbocycles. The molecular weight excluding hydrogens is 330 g/mol. The van der Waals surface area contributed by atoms with Crippen molar-refractivity contribution in [3.05, 3.63) is 51.4 Å². The van der Waals surface area contributed by atoms with Gasteiger partial charge in [0.05, 0.1) is 18.5 Å². The second kappa shape index (κ2) is 6.65. The van der Waals surface area contributed by atoms with E-state index in [4.69, 9.17) is 16.3 Å². The van der Waals surface area contributed by atoms with Crippen LogP contribution in [0, 0.1) is 0 Å². The minimum Gasteiger partial charge on any atom is -0.495 e. The third-order valence-corrected chi connectivity index (χ3v) is 4.24. The average Bonchev–Trinajstić information content (AvgIpc) is 3.40. The smallest absolute Gasteiger partial charge is 0.267 e. The molecule has 1 aromatic carbocycles. The summed E-state index contributed by atoms with van der Waals surface area (Å²) >= 11 is 5.97. The second-order valence-corrected chi connectivity index (χ2v) is 6.26. The van der Waals surface area contributed by atoms with Crippen LogP contribution in [0.25, 0.3) is 0 Å². The number of carbonyl (C=O) groups excluding carboxylic acids is 1. The summed E-state index contributed by atoms with van der Waals surface area (Å²) in [7, 11) is 1.51. The van der Waals surface area contributed by atoms with E-state index in [1.54, 1.807) is 31.2 Å². The van der Waals surface area contributed by atoms with Gasteiger partial charge < -0.3 is 10.1 Å². The van der Waals surface area contributed by atoms with Gasteiger partial charge in [0.15, 0.2) is 0 Å². The molecule has 1 amide bonds. The lowest BCUT2D eigenvalue weighted by Gasteiger charge is -2.16. The van der Waals surface area contributed by atoms with E-state index >= 15 is 0 Å². The molecule has 1 aromatic heterocycles. The molecule has 1 aliphatic rings. The standard InChI is InChI=1S/C17H18ClN3O3/c1-10(21-16(22)8-6-13(20-21)11-3-4-11)17(23)19-14-9-12(18)5-7-15(14)24-2/h5-11H,3-4H2,1-2H3,(H,19,23)/t10-/m0/s1. The molecule has 0 spiro atoms. The van der Waals surface area contributed by atoms with E-state index in [0.29, 0.717) is 22.4 Å². The van der Waals surface area contributed by atoms with Crippen LogP contribution in [0.5, 0.6) is 5.75 Å². The molecule has 1 saturated carbocycles. The Balaban J connectivity index is 1.84. The number of aromatic nitrogens is 2. The molecule has 24 heavy (non-hydrogen) atoms. The second-order valence-electron chi connectivity index (χ2n) is 5.83. The third kappa shape index (κ3) is 3.43. The summed E-state index contributed by atoms with van der Waals surface area (Å²) in [6, 6.07) is 7.39. The van der Waals surface area contributed by atoms with Gasteiger partial charge in [-0.3, -0.25) is 9.59 Å². The van der Waals surface area contributed by atoms with Crippen molar-refractivity contribution in [1.29, 1.82) is 0 Å². The Morgan fingerprint density at radius 3 is 2.79 bits per heavy atom. The number of carbonyl (C=O) groups is 1. The SMILES string of the molecule is COc1ccc(Cl)cc1NC(=O)[C@H](C)n1nc(C2CC2)ccc1=O. The number of nitrogens with one attached hydrogen (secondary N) is 1. The summed E-state index contributed by atoms with van der Waals surface area (Å²) in [6.45, 7) is 1.64. The van der Waals surface area contributed by atoms with Crippen molar-refractivity contribution in [3.63, 3.8) is 0 Å². The largest absolute Gasteiger partial charge is 0.495 e. The van der Waals surface area contributed by atoms with Crippen LogP contribution < -0.4 is 15.6 Å². The zero-order chi connectivity index (χ0) is 17.3. The monoisotopic (exact) mass is 347 g/mol. The molecule has 6 nitrogen and oxygen atoms in total. The molecule has 1 N–H and O–H groups in total. The maximum atomic E-state index is 12.5. The minimum absolute atomic E-state index is 0.305. The third-order valence-electron chi connectivity index (χ3n) is 4.01. The fourth-order valence-corrected chi connectivity index (χ4v) is 2.61. The predicted octanol–water partition coefficient (Wildman–Crippen LogP) is 2.98. The molecule has 3 rings (SSSR count). The Labute approximate surface area is 144 Å². The molecule has 1 heterocycles. The van der Waals surface area contributed by atoms with Crippen LogP contribution in [0.3, 0.4) is 0 Å². The number of ether oxygens (including phenoxy) is 1. The highest BCUT2D eigenvalue weighted by atomic mass is 35.5. The van der Waals surface area contributed by atoms with Crippen molar-refractivity contribution < 1.29 is 9.53 Å². The van der Waals surface area contributed by atoms with Crippen LogP contribution in [0.15, 0.2) is 35.1 Å². The fraction of sp³-hybridized carbons (Fsp3) is 0.353. The number of benzene rings is 1. The molecule has 0 bridgehead atoms. The Hall–Kier alpha value is -2.34. The number of nitrogens with zero attached hydrogens (tertiary/aromatic N) is 2. The van der Waals surface area contributed by atoms with Gasteiger partial charge in [-0.05, 0) is 44.0 Å². The van der Waals surface area contributed by atoms with E-state index in [-0.39, 0.29) is 11.5 Å².